The standard InChI is InChI=1S/C12H12N4O2/c1-16-10(7-11(17)14-12(16)18)15-13-8-9-5-3-2-4-6-9/h2-8,15H,1H3,(H,14,17,18)/b13-8+. The van der Waals surface area contributed by atoms with Crippen LogP contribution in [0.3, 0.4) is 0 Å². The molecular formula is C12H12N4O2. The Morgan fingerprint density at radius 2 is 2.00 bits per heavy atom. The van der Waals surface area contributed by atoms with Gasteiger partial charge >= 0.3 is 5.69 Å². The molecule has 0 aliphatic heterocycles. The van der Waals surface area contributed by atoms with Gasteiger partial charge in [0.2, 0.25) is 0 Å². The number of anilines is 1. The van der Waals surface area contributed by atoms with Gasteiger partial charge in [-0.1, -0.05) is 30.3 Å². The first-order chi connectivity index (χ1) is 8.66. The summed E-state index contributed by atoms with van der Waals surface area (Å²) in [5.41, 5.74) is 2.62. The van der Waals surface area contributed by atoms with Crippen molar-refractivity contribution in [3.63, 3.8) is 0 Å². The van der Waals surface area contributed by atoms with Crippen molar-refractivity contribution in [1.29, 1.82) is 0 Å². The number of nitrogens with one attached hydrogen (secondary N) is 2. The topological polar surface area (TPSA) is 79.2 Å². The molecule has 0 saturated carbocycles. The number of H-pyrrole nitrogens is 1. The SMILES string of the molecule is Cn1c(N/N=C/c2ccccc2)cc(=O)[nH]c1=O. The van der Waals surface area contributed by atoms with Crippen molar-refractivity contribution >= 4 is 12.0 Å². The summed E-state index contributed by atoms with van der Waals surface area (Å²) in [6.45, 7) is 0. The van der Waals surface area contributed by atoms with Gasteiger partial charge in [-0.25, -0.2) is 4.79 Å². The van der Waals surface area contributed by atoms with Crippen LogP contribution in [0.1, 0.15) is 5.56 Å². The van der Waals surface area contributed by atoms with Gasteiger partial charge < -0.3 is 0 Å². The molecule has 0 bridgehead atoms. The summed E-state index contributed by atoms with van der Waals surface area (Å²) < 4.78 is 1.27. The molecule has 0 amide bonds. The lowest BCUT2D eigenvalue weighted by Crippen LogP contribution is -2.28. The molecule has 0 aliphatic carbocycles. The third-order valence-corrected chi connectivity index (χ3v) is 2.36. The number of hydrazone groups is 1. The fourth-order valence-corrected chi connectivity index (χ4v) is 1.38. The first-order valence-electron chi connectivity index (χ1n) is 5.31. The Morgan fingerprint density at radius 1 is 1.28 bits per heavy atom. The van der Waals surface area contributed by atoms with Gasteiger partial charge in [0.1, 0.15) is 5.82 Å². The first kappa shape index (κ1) is 11.8. The summed E-state index contributed by atoms with van der Waals surface area (Å²) in [6, 6.07) is 10.7. The molecule has 2 aromatic rings. The van der Waals surface area contributed by atoms with E-state index in [9.17, 15) is 9.59 Å². The van der Waals surface area contributed by atoms with E-state index in [-0.39, 0.29) is 0 Å². The maximum absolute atomic E-state index is 11.3. The fourth-order valence-electron chi connectivity index (χ4n) is 1.38. The molecule has 0 spiro atoms. The lowest BCUT2D eigenvalue weighted by Gasteiger charge is -2.04. The van der Waals surface area contributed by atoms with E-state index in [4.69, 9.17) is 0 Å². The number of hydrogen-bond acceptors (Lipinski definition) is 4. The maximum Gasteiger partial charge on any atom is 0.329 e. The van der Waals surface area contributed by atoms with Gasteiger partial charge in [0, 0.05) is 13.1 Å². The van der Waals surface area contributed by atoms with Gasteiger partial charge in [0.15, 0.2) is 0 Å². The monoisotopic (exact) mass is 244 g/mol. The molecule has 0 unspecified atom stereocenters. The third-order valence-electron chi connectivity index (χ3n) is 2.36. The van der Waals surface area contributed by atoms with Crippen LogP contribution in [0.15, 0.2) is 51.1 Å². The molecule has 0 atom stereocenters. The van der Waals surface area contributed by atoms with E-state index in [0.717, 1.165) is 5.56 Å². The quantitative estimate of drug-likeness (QED) is 0.610. The van der Waals surface area contributed by atoms with Gasteiger partial charge in [-0.15, -0.1) is 0 Å². The zero-order chi connectivity index (χ0) is 13.0. The Morgan fingerprint density at radius 3 is 2.72 bits per heavy atom. The number of benzene rings is 1. The van der Waals surface area contributed by atoms with Crippen LogP contribution >= 0.6 is 0 Å². The van der Waals surface area contributed by atoms with Gasteiger partial charge in [0.05, 0.1) is 6.21 Å². The highest BCUT2D eigenvalue weighted by Gasteiger charge is 1.99. The highest BCUT2D eigenvalue weighted by molar-refractivity contribution is 5.79. The lowest BCUT2D eigenvalue weighted by molar-refractivity contribution is 0.803. The van der Waals surface area contributed by atoms with E-state index in [0.29, 0.717) is 5.82 Å². The minimum Gasteiger partial charge on any atom is -0.282 e. The zero-order valence-electron chi connectivity index (χ0n) is 9.75. The van der Waals surface area contributed by atoms with E-state index in [1.54, 1.807) is 13.3 Å². The predicted molar refractivity (Wildman–Crippen MR) is 70.0 cm³/mol. The summed E-state index contributed by atoms with van der Waals surface area (Å²) in [7, 11) is 1.54. The van der Waals surface area contributed by atoms with Gasteiger partial charge in [-0.05, 0) is 5.56 Å². The van der Waals surface area contributed by atoms with Crippen molar-refractivity contribution in [3.8, 4) is 0 Å². The molecule has 1 aromatic heterocycles. The molecule has 18 heavy (non-hydrogen) atoms. The van der Waals surface area contributed by atoms with Gasteiger partial charge in [0.25, 0.3) is 5.56 Å². The fraction of sp³-hybridized carbons (Fsp3) is 0.0833. The molecule has 0 aliphatic rings. The molecule has 6 nitrogen and oxygen atoms in total. The normalized spacial score (nSPS) is 10.7. The minimum atomic E-state index is -0.486. The van der Waals surface area contributed by atoms with E-state index >= 15 is 0 Å². The molecule has 0 radical (unpaired) electrons. The largest absolute Gasteiger partial charge is 0.329 e. The molecule has 2 N–H and O–H groups in total. The molecule has 0 fully saturated rings. The van der Waals surface area contributed by atoms with Crippen LogP contribution in [0.2, 0.25) is 0 Å². The van der Waals surface area contributed by atoms with E-state index in [2.05, 4.69) is 15.5 Å². The minimum absolute atomic E-state index is 0.330. The average Bonchev–Trinajstić information content (AvgIpc) is 2.36. The molecule has 1 aromatic carbocycles. The van der Waals surface area contributed by atoms with Crippen molar-refractivity contribution in [2.45, 2.75) is 0 Å². The molecule has 6 heteroatoms. The average molecular weight is 244 g/mol. The second-order valence-electron chi connectivity index (χ2n) is 3.66. The van der Waals surface area contributed by atoms with Crippen LogP contribution in [0.25, 0.3) is 0 Å². The number of aromatic nitrogens is 2. The summed E-state index contributed by atoms with van der Waals surface area (Å²) >= 11 is 0. The molecule has 1 heterocycles. The number of hydrogen-bond donors (Lipinski definition) is 2. The number of rotatable bonds is 3. The molecular weight excluding hydrogens is 232 g/mol. The van der Waals surface area contributed by atoms with Crippen LogP contribution in [-0.4, -0.2) is 15.8 Å². The number of nitrogens with zero attached hydrogens (tertiary/aromatic N) is 2. The van der Waals surface area contributed by atoms with E-state index in [1.165, 1.54) is 10.6 Å². The van der Waals surface area contributed by atoms with Crippen molar-refractivity contribution in [2.24, 2.45) is 12.1 Å². The van der Waals surface area contributed by atoms with Crippen molar-refractivity contribution in [2.75, 3.05) is 5.43 Å². The highest BCUT2D eigenvalue weighted by Crippen LogP contribution is 1.98. The summed E-state index contributed by atoms with van der Waals surface area (Å²) in [4.78, 5) is 24.6. The van der Waals surface area contributed by atoms with E-state index in [1.807, 2.05) is 30.3 Å². The smallest absolute Gasteiger partial charge is 0.282 e. The maximum atomic E-state index is 11.3. The Kier molecular flexibility index (Phi) is 3.38. The zero-order valence-corrected chi connectivity index (χ0v) is 9.75. The van der Waals surface area contributed by atoms with E-state index < -0.39 is 11.2 Å². The Hall–Kier alpha value is -2.63. The van der Waals surface area contributed by atoms with Crippen molar-refractivity contribution in [1.82, 2.24) is 9.55 Å². The predicted octanol–water partition coefficient (Wildman–Crippen LogP) is 0.520. The molecule has 92 valence electrons. The van der Waals surface area contributed by atoms with Crippen LogP contribution < -0.4 is 16.7 Å². The Labute approximate surface area is 103 Å². The van der Waals surface area contributed by atoms with Crippen LogP contribution in [-0.2, 0) is 7.05 Å². The highest BCUT2D eigenvalue weighted by atomic mass is 16.2. The van der Waals surface area contributed by atoms with Crippen LogP contribution in [0.4, 0.5) is 5.82 Å². The van der Waals surface area contributed by atoms with Gasteiger partial charge in [-0.2, -0.15) is 5.10 Å². The Balaban J connectivity index is 2.19. The second kappa shape index (κ2) is 5.13. The van der Waals surface area contributed by atoms with Crippen LogP contribution in [0.5, 0.6) is 0 Å². The second-order valence-corrected chi connectivity index (χ2v) is 3.66. The van der Waals surface area contributed by atoms with Gasteiger partial charge in [-0.3, -0.25) is 19.8 Å². The lowest BCUT2D eigenvalue weighted by atomic mass is 10.2. The molecule has 0 saturated heterocycles. The van der Waals surface area contributed by atoms with Crippen LogP contribution in [0, 0.1) is 0 Å². The van der Waals surface area contributed by atoms with Crippen molar-refractivity contribution in [3.05, 3.63) is 62.8 Å². The first-order valence-corrected chi connectivity index (χ1v) is 5.31. The summed E-state index contributed by atoms with van der Waals surface area (Å²) in [5, 5.41) is 3.97. The summed E-state index contributed by atoms with van der Waals surface area (Å²) in [6.07, 6.45) is 1.60. The Bertz CT molecular complexity index is 670. The third kappa shape index (κ3) is 2.73. The van der Waals surface area contributed by atoms with Crippen molar-refractivity contribution < 1.29 is 0 Å². The summed E-state index contributed by atoms with van der Waals surface area (Å²) in [5.74, 6) is 0.330. The molecule has 2 rings (SSSR count). The number of aromatic amines is 1.